The van der Waals surface area contributed by atoms with Gasteiger partial charge in [0, 0.05) is 19.6 Å². The molecule has 1 aliphatic rings. The van der Waals surface area contributed by atoms with Crippen molar-refractivity contribution in [2.24, 2.45) is 5.92 Å². The summed E-state index contributed by atoms with van der Waals surface area (Å²) in [5.41, 5.74) is 0. The van der Waals surface area contributed by atoms with Crippen LogP contribution in [-0.2, 0) is 0 Å². The molecule has 0 aliphatic heterocycles. The predicted molar refractivity (Wildman–Crippen MR) is 70.9 cm³/mol. The van der Waals surface area contributed by atoms with Crippen molar-refractivity contribution in [3.8, 4) is 0 Å². The van der Waals surface area contributed by atoms with Crippen molar-refractivity contribution in [2.45, 2.75) is 25.7 Å². The SMILES string of the molecule is CN(C)CCCNCCN(C)CC1CCC1. The van der Waals surface area contributed by atoms with Crippen LogP contribution in [0.5, 0.6) is 0 Å². The highest BCUT2D eigenvalue weighted by Gasteiger charge is 2.18. The molecule has 0 radical (unpaired) electrons. The van der Waals surface area contributed by atoms with Crippen molar-refractivity contribution in [3.05, 3.63) is 0 Å². The monoisotopic (exact) mass is 227 g/mol. The summed E-state index contributed by atoms with van der Waals surface area (Å²) in [7, 11) is 6.51. The summed E-state index contributed by atoms with van der Waals surface area (Å²) >= 11 is 0. The van der Waals surface area contributed by atoms with E-state index in [4.69, 9.17) is 0 Å². The maximum absolute atomic E-state index is 3.51. The molecule has 3 nitrogen and oxygen atoms in total. The van der Waals surface area contributed by atoms with Gasteiger partial charge in [-0.15, -0.1) is 0 Å². The zero-order chi connectivity index (χ0) is 11.8. The van der Waals surface area contributed by atoms with E-state index in [2.05, 4.69) is 36.3 Å². The molecule has 0 heterocycles. The van der Waals surface area contributed by atoms with Crippen molar-refractivity contribution >= 4 is 0 Å². The van der Waals surface area contributed by atoms with Gasteiger partial charge in [0.25, 0.3) is 0 Å². The predicted octanol–water partition coefficient (Wildman–Crippen LogP) is 1.26. The van der Waals surface area contributed by atoms with Gasteiger partial charge in [-0.05, 0) is 59.4 Å². The summed E-state index contributed by atoms with van der Waals surface area (Å²) in [5, 5.41) is 3.51. The second kappa shape index (κ2) is 8.04. The second-order valence-electron chi connectivity index (χ2n) is 5.47. The van der Waals surface area contributed by atoms with Crippen LogP contribution in [0.1, 0.15) is 25.7 Å². The first-order valence-electron chi connectivity index (χ1n) is 6.72. The maximum Gasteiger partial charge on any atom is 0.0104 e. The fraction of sp³-hybridized carbons (Fsp3) is 1.00. The van der Waals surface area contributed by atoms with Gasteiger partial charge in [0.2, 0.25) is 0 Å². The van der Waals surface area contributed by atoms with Crippen molar-refractivity contribution in [3.63, 3.8) is 0 Å². The largest absolute Gasteiger partial charge is 0.315 e. The van der Waals surface area contributed by atoms with Gasteiger partial charge in [0.1, 0.15) is 0 Å². The smallest absolute Gasteiger partial charge is 0.0104 e. The molecule has 1 saturated carbocycles. The van der Waals surface area contributed by atoms with E-state index < -0.39 is 0 Å². The Bertz CT molecular complexity index is 167. The van der Waals surface area contributed by atoms with E-state index in [0.29, 0.717) is 0 Å². The third kappa shape index (κ3) is 6.46. The normalized spacial score (nSPS) is 17.1. The molecule has 1 N–H and O–H groups in total. The number of hydrogen-bond acceptors (Lipinski definition) is 3. The molecular formula is C13H29N3. The maximum atomic E-state index is 3.51. The fourth-order valence-electron chi connectivity index (χ4n) is 2.12. The minimum atomic E-state index is 0.999. The summed E-state index contributed by atoms with van der Waals surface area (Å²) in [4.78, 5) is 4.72. The van der Waals surface area contributed by atoms with Crippen LogP contribution in [0.15, 0.2) is 0 Å². The molecule has 0 aromatic carbocycles. The average molecular weight is 227 g/mol. The second-order valence-corrected chi connectivity index (χ2v) is 5.47. The molecule has 0 spiro atoms. The highest BCUT2D eigenvalue weighted by Crippen LogP contribution is 2.26. The fourth-order valence-corrected chi connectivity index (χ4v) is 2.12. The van der Waals surface area contributed by atoms with E-state index in [0.717, 1.165) is 19.0 Å². The number of likely N-dealkylation sites (N-methyl/N-ethyl adjacent to an activating group) is 1. The zero-order valence-corrected chi connectivity index (χ0v) is 11.3. The van der Waals surface area contributed by atoms with Gasteiger partial charge < -0.3 is 15.1 Å². The lowest BCUT2D eigenvalue weighted by Crippen LogP contribution is -2.35. The number of rotatable bonds is 9. The first-order valence-corrected chi connectivity index (χ1v) is 6.72. The summed E-state index contributed by atoms with van der Waals surface area (Å²) in [5.74, 6) is 0.999. The first kappa shape index (κ1) is 13.9. The van der Waals surface area contributed by atoms with Crippen LogP contribution in [0, 0.1) is 5.92 Å². The van der Waals surface area contributed by atoms with Crippen LogP contribution >= 0.6 is 0 Å². The van der Waals surface area contributed by atoms with Crippen LogP contribution < -0.4 is 5.32 Å². The zero-order valence-electron chi connectivity index (χ0n) is 11.3. The Balaban J connectivity index is 1.82. The molecular weight excluding hydrogens is 198 g/mol. The standard InChI is InChI=1S/C13H29N3/c1-15(2)10-5-8-14-9-11-16(3)12-13-6-4-7-13/h13-14H,4-12H2,1-3H3. The minimum absolute atomic E-state index is 0.999. The third-order valence-corrected chi connectivity index (χ3v) is 3.42. The molecule has 16 heavy (non-hydrogen) atoms. The summed E-state index contributed by atoms with van der Waals surface area (Å²) in [6.07, 6.45) is 5.63. The lowest BCUT2D eigenvalue weighted by Gasteiger charge is -2.30. The number of nitrogens with one attached hydrogen (secondary N) is 1. The Morgan fingerprint density at radius 2 is 1.81 bits per heavy atom. The molecule has 96 valence electrons. The van der Waals surface area contributed by atoms with Gasteiger partial charge in [-0.25, -0.2) is 0 Å². The van der Waals surface area contributed by atoms with Crippen LogP contribution in [0.25, 0.3) is 0 Å². The van der Waals surface area contributed by atoms with E-state index in [1.807, 2.05) is 0 Å². The Hall–Kier alpha value is -0.120. The highest BCUT2D eigenvalue weighted by molar-refractivity contribution is 4.72. The first-order chi connectivity index (χ1) is 7.68. The van der Waals surface area contributed by atoms with E-state index in [1.165, 1.54) is 45.3 Å². The van der Waals surface area contributed by atoms with Gasteiger partial charge in [-0.3, -0.25) is 0 Å². The van der Waals surface area contributed by atoms with Crippen LogP contribution in [0.4, 0.5) is 0 Å². The molecule has 3 heteroatoms. The van der Waals surface area contributed by atoms with Gasteiger partial charge in [-0.2, -0.15) is 0 Å². The molecule has 1 fully saturated rings. The van der Waals surface area contributed by atoms with Crippen molar-refractivity contribution in [1.82, 2.24) is 15.1 Å². The quantitative estimate of drug-likeness (QED) is 0.598. The lowest BCUT2D eigenvalue weighted by molar-refractivity contribution is 0.205. The highest BCUT2D eigenvalue weighted by atomic mass is 15.1. The molecule has 1 rings (SSSR count). The average Bonchev–Trinajstić information content (AvgIpc) is 2.17. The van der Waals surface area contributed by atoms with E-state index in [9.17, 15) is 0 Å². The minimum Gasteiger partial charge on any atom is -0.315 e. The van der Waals surface area contributed by atoms with Crippen LogP contribution in [0.2, 0.25) is 0 Å². The van der Waals surface area contributed by atoms with Crippen LogP contribution in [0.3, 0.4) is 0 Å². The van der Waals surface area contributed by atoms with Crippen LogP contribution in [-0.4, -0.2) is 63.7 Å². The summed E-state index contributed by atoms with van der Waals surface area (Å²) < 4.78 is 0. The Kier molecular flexibility index (Phi) is 7.01. The Morgan fingerprint density at radius 1 is 1.06 bits per heavy atom. The van der Waals surface area contributed by atoms with Crippen molar-refractivity contribution in [2.75, 3.05) is 53.9 Å². The molecule has 0 saturated heterocycles. The topological polar surface area (TPSA) is 18.5 Å². The van der Waals surface area contributed by atoms with Crippen molar-refractivity contribution in [1.29, 1.82) is 0 Å². The summed E-state index contributed by atoms with van der Waals surface area (Å²) in [6.45, 7) is 5.97. The third-order valence-electron chi connectivity index (χ3n) is 3.42. The van der Waals surface area contributed by atoms with E-state index in [1.54, 1.807) is 0 Å². The van der Waals surface area contributed by atoms with Gasteiger partial charge in [-0.1, -0.05) is 6.42 Å². The lowest BCUT2D eigenvalue weighted by atomic mass is 9.85. The number of hydrogen-bond donors (Lipinski definition) is 1. The Morgan fingerprint density at radius 3 is 2.38 bits per heavy atom. The van der Waals surface area contributed by atoms with Gasteiger partial charge >= 0.3 is 0 Å². The molecule has 0 amide bonds. The summed E-state index contributed by atoms with van der Waals surface area (Å²) in [6, 6.07) is 0. The molecule has 0 atom stereocenters. The molecule has 0 aromatic rings. The van der Waals surface area contributed by atoms with Gasteiger partial charge in [0.15, 0.2) is 0 Å². The number of nitrogens with zero attached hydrogens (tertiary/aromatic N) is 2. The molecule has 0 aromatic heterocycles. The Labute approximate surface area is 101 Å². The molecule has 1 aliphatic carbocycles. The van der Waals surface area contributed by atoms with E-state index in [-0.39, 0.29) is 0 Å². The van der Waals surface area contributed by atoms with Crippen molar-refractivity contribution < 1.29 is 0 Å². The van der Waals surface area contributed by atoms with Gasteiger partial charge in [0.05, 0.1) is 0 Å². The molecule has 0 unspecified atom stereocenters. The van der Waals surface area contributed by atoms with E-state index >= 15 is 0 Å². The molecule has 0 bridgehead atoms.